The zero-order valence-corrected chi connectivity index (χ0v) is 22.3. The summed E-state index contributed by atoms with van der Waals surface area (Å²) in [4.78, 5) is 0. The number of phenolic OH excluding ortho intramolecular Hbond substituents is 1. The fraction of sp³-hybridized carbons (Fsp3) is 0.250. The van der Waals surface area contributed by atoms with Gasteiger partial charge < -0.3 is 28.8 Å². The van der Waals surface area contributed by atoms with Crippen molar-refractivity contribution in [1.29, 1.82) is 0 Å². The summed E-state index contributed by atoms with van der Waals surface area (Å²) in [6.45, 7) is 2.98. The molecule has 6 heteroatoms. The molecule has 0 aromatic heterocycles. The molecular weight excluding hydrogens is 480 g/mol. The van der Waals surface area contributed by atoms with Crippen LogP contribution in [-0.2, 0) is 6.61 Å². The molecule has 0 aliphatic heterocycles. The summed E-state index contributed by atoms with van der Waals surface area (Å²) >= 11 is 0. The van der Waals surface area contributed by atoms with Gasteiger partial charge in [0.25, 0.3) is 0 Å². The quantitative estimate of drug-likeness (QED) is 0.197. The van der Waals surface area contributed by atoms with E-state index >= 15 is 0 Å². The van der Waals surface area contributed by atoms with E-state index in [0.717, 1.165) is 40.8 Å². The van der Waals surface area contributed by atoms with Gasteiger partial charge in [-0.3, -0.25) is 0 Å². The van der Waals surface area contributed by atoms with Gasteiger partial charge >= 0.3 is 0 Å². The summed E-state index contributed by atoms with van der Waals surface area (Å²) in [7, 11) is 4.89. The lowest BCUT2D eigenvalue weighted by Crippen LogP contribution is -2.04. The average Bonchev–Trinajstić information content (AvgIpc) is 2.96. The maximum absolute atomic E-state index is 10.9. The zero-order chi connectivity index (χ0) is 26.9. The highest BCUT2D eigenvalue weighted by molar-refractivity contribution is 5.88. The minimum Gasteiger partial charge on any atom is -0.504 e. The van der Waals surface area contributed by atoms with Gasteiger partial charge in [-0.25, -0.2) is 0 Å². The van der Waals surface area contributed by atoms with E-state index < -0.39 is 0 Å². The van der Waals surface area contributed by atoms with Crippen molar-refractivity contribution >= 4 is 0 Å². The Bertz CT molecular complexity index is 1330. The Balaban J connectivity index is 1.78. The summed E-state index contributed by atoms with van der Waals surface area (Å²) in [5.74, 6) is 2.93. The third kappa shape index (κ3) is 5.97. The van der Waals surface area contributed by atoms with Crippen LogP contribution in [0.2, 0.25) is 0 Å². The van der Waals surface area contributed by atoms with Crippen LogP contribution in [0.25, 0.3) is 22.3 Å². The molecule has 4 aromatic rings. The van der Waals surface area contributed by atoms with Gasteiger partial charge in [0.2, 0.25) is 0 Å². The standard InChI is InChI=1S/C32H34O6/c1-5-6-18-37-32-30(24-14-17-28(27(33)19-24)38-21-22-10-8-7-9-11-22)29(35-3)20-26(31(32)36-4)23-12-15-25(34-2)16-13-23/h7-17,19-20,33H,5-6,18,21H2,1-4H3. The van der Waals surface area contributed by atoms with Crippen LogP contribution in [0.5, 0.6) is 34.5 Å². The largest absolute Gasteiger partial charge is 0.504 e. The highest BCUT2D eigenvalue weighted by atomic mass is 16.5. The molecule has 38 heavy (non-hydrogen) atoms. The van der Waals surface area contributed by atoms with Crippen LogP contribution in [-0.4, -0.2) is 33.0 Å². The van der Waals surface area contributed by atoms with E-state index in [1.165, 1.54) is 0 Å². The predicted molar refractivity (Wildman–Crippen MR) is 150 cm³/mol. The molecule has 0 saturated heterocycles. The fourth-order valence-electron chi connectivity index (χ4n) is 4.23. The van der Waals surface area contributed by atoms with Crippen molar-refractivity contribution in [3.8, 4) is 56.8 Å². The molecule has 0 aliphatic carbocycles. The number of phenols is 1. The Morgan fingerprint density at radius 1 is 0.684 bits per heavy atom. The number of ether oxygens (including phenoxy) is 5. The number of hydrogen-bond donors (Lipinski definition) is 1. The summed E-state index contributed by atoms with van der Waals surface area (Å²) in [5, 5.41) is 10.9. The van der Waals surface area contributed by atoms with Crippen LogP contribution in [0.4, 0.5) is 0 Å². The molecule has 0 unspecified atom stereocenters. The second-order valence-electron chi connectivity index (χ2n) is 8.75. The van der Waals surface area contributed by atoms with Gasteiger partial charge in [-0.2, -0.15) is 0 Å². The highest BCUT2D eigenvalue weighted by Crippen LogP contribution is 2.51. The molecule has 0 radical (unpaired) electrons. The molecule has 0 heterocycles. The molecule has 0 aliphatic rings. The maximum Gasteiger partial charge on any atom is 0.173 e. The maximum atomic E-state index is 10.9. The molecular formula is C32H34O6. The van der Waals surface area contributed by atoms with Crippen LogP contribution in [0, 0.1) is 0 Å². The Labute approximate surface area is 224 Å². The van der Waals surface area contributed by atoms with Crippen molar-refractivity contribution in [2.24, 2.45) is 0 Å². The number of methoxy groups -OCH3 is 3. The van der Waals surface area contributed by atoms with Crippen LogP contribution < -0.4 is 23.7 Å². The molecule has 0 saturated carbocycles. The minimum absolute atomic E-state index is 0.0261. The molecule has 0 bridgehead atoms. The number of aromatic hydroxyl groups is 1. The Hall–Kier alpha value is -4.32. The summed E-state index contributed by atoms with van der Waals surface area (Å²) in [5.41, 5.74) is 4.19. The highest BCUT2D eigenvalue weighted by Gasteiger charge is 2.24. The predicted octanol–water partition coefficient (Wildman–Crippen LogP) is 7.51. The van der Waals surface area contributed by atoms with E-state index in [1.807, 2.05) is 66.7 Å². The van der Waals surface area contributed by atoms with Crippen molar-refractivity contribution in [3.63, 3.8) is 0 Å². The lowest BCUT2D eigenvalue weighted by atomic mass is 9.96. The molecule has 198 valence electrons. The minimum atomic E-state index is 0.0261. The van der Waals surface area contributed by atoms with Crippen LogP contribution in [0.15, 0.2) is 78.9 Å². The number of hydrogen-bond acceptors (Lipinski definition) is 6. The van der Waals surface area contributed by atoms with Gasteiger partial charge in [0, 0.05) is 5.56 Å². The monoisotopic (exact) mass is 514 g/mol. The second kappa shape index (κ2) is 12.8. The Kier molecular flexibility index (Phi) is 8.98. The van der Waals surface area contributed by atoms with Crippen molar-refractivity contribution < 1.29 is 28.8 Å². The molecule has 0 fully saturated rings. The van der Waals surface area contributed by atoms with Crippen LogP contribution in [0.1, 0.15) is 25.3 Å². The molecule has 0 atom stereocenters. The van der Waals surface area contributed by atoms with Gasteiger partial charge in [0.05, 0.1) is 33.5 Å². The van der Waals surface area contributed by atoms with Crippen molar-refractivity contribution in [1.82, 2.24) is 0 Å². The third-order valence-corrected chi connectivity index (χ3v) is 6.25. The number of unbranched alkanes of at least 4 members (excludes halogenated alkanes) is 1. The van der Waals surface area contributed by atoms with Crippen LogP contribution in [0.3, 0.4) is 0 Å². The first-order valence-corrected chi connectivity index (χ1v) is 12.7. The zero-order valence-electron chi connectivity index (χ0n) is 22.3. The Morgan fingerprint density at radius 2 is 1.42 bits per heavy atom. The van der Waals surface area contributed by atoms with E-state index in [1.54, 1.807) is 33.5 Å². The van der Waals surface area contributed by atoms with Gasteiger partial charge in [0.1, 0.15) is 18.1 Å². The van der Waals surface area contributed by atoms with Gasteiger partial charge in [-0.15, -0.1) is 0 Å². The smallest absolute Gasteiger partial charge is 0.173 e. The van der Waals surface area contributed by atoms with Crippen LogP contribution >= 0.6 is 0 Å². The summed E-state index contributed by atoms with van der Waals surface area (Å²) in [6.07, 6.45) is 1.87. The normalized spacial score (nSPS) is 10.6. The molecule has 0 spiro atoms. The van der Waals surface area contributed by atoms with E-state index in [-0.39, 0.29) is 5.75 Å². The van der Waals surface area contributed by atoms with E-state index in [2.05, 4.69) is 6.92 Å². The van der Waals surface area contributed by atoms with Crippen molar-refractivity contribution in [2.75, 3.05) is 27.9 Å². The molecule has 0 amide bonds. The summed E-state index contributed by atoms with van der Waals surface area (Å²) < 4.78 is 29.3. The molecule has 6 nitrogen and oxygen atoms in total. The first kappa shape index (κ1) is 26.7. The van der Waals surface area contributed by atoms with Gasteiger partial charge in [-0.1, -0.05) is 61.9 Å². The van der Waals surface area contributed by atoms with Gasteiger partial charge in [-0.05, 0) is 53.4 Å². The number of rotatable bonds is 12. The Morgan fingerprint density at radius 3 is 2.05 bits per heavy atom. The van der Waals surface area contributed by atoms with E-state index in [9.17, 15) is 5.11 Å². The molecule has 4 aromatic carbocycles. The summed E-state index contributed by atoms with van der Waals surface area (Å²) in [6, 6.07) is 24.8. The van der Waals surface area contributed by atoms with Crippen molar-refractivity contribution in [2.45, 2.75) is 26.4 Å². The third-order valence-electron chi connectivity index (χ3n) is 6.25. The molecule has 1 N–H and O–H groups in total. The second-order valence-corrected chi connectivity index (χ2v) is 8.75. The number of benzene rings is 4. The lowest BCUT2D eigenvalue weighted by molar-refractivity contribution is 0.287. The average molecular weight is 515 g/mol. The first-order chi connectivity index (χ1) is 18.6. The van der Waals surface area contributed by atoms with E-state index in [4.69, 9.17) is 23.7 Å². The fourth-order valence-corrected chi connectivity index (χ4v) is 4.23. The first-order valence-electron chi connectivity index (χ1n) is 12.7. The topological polar surface area (TPSA) is 66.4 Å². The van der Waals surface area contributed by atoms with E-state index in [0.29, 0.717) is 41.8 Å². The SMILES string of the molecule is CCCCOc1c(OC)c(-c2ccc(OC)cc2)cc(OC)c1-c1ccc(OCc2ccccc2)c(O)c1. The molecule has 4 rings (SSSR count). The van der Waals surface area contributed by atoms with Crippen molar-refractivity contribution in [3.05, 3.63) is 84.4 Å². The lowest BCUT2D eigenvalue weighted by Gasteiger charge is -2.22. The van der Waals surface area contributed by atoms with Gasteiger partial charge in [0.15, 0.2) is 23.0 Å².